The van der Waals surface area contributed by atoms with Gasteiger partial charge in [-0.25, -0.2) is 0 Å². The maximum Gasteiger partial charge on any atom is 0.121 e. The normalized spacial score (nSPS) is 9.69. The lowest BCUT2D eigenvalue weighted by Crippen LogP contribution is -2.02. The zero-order valence-corrected chi connectivity index (χ0v) is 8.47. The van der Waals surface area contributed by atoms with Gasteiger partial charge < -0.3 is 10.1 Å². The Bertz CT molecular complexity index is 252. The lowest BCUT2D eigenvalue weighted by molar-refractivity contribution is 0.340. The van der Waals surface area contributed by atoms with Gasteiger partial charge in [-0.3, -0.25) is 0 Å². The van der Waals surface area contributed by atoms with Crippen molar-refractivity contribution in [1.82, 2.24) is 0 Å². The largest absolute Gasteiger partial charge is 0.494 e. The van der Waals surface area contributed by atoms with Crippen LogP contribution in [0.3, 0.4) is 0 Å². The maximum atomic E-state index is 5.56. The molecule has 0 saturated heterocycles. The van der Waals surface area contributed by atoms with Crippen LogP contribution in [0.2, 0.25) is 0 Å². The van der Waals surface area contributed by atoms with Crippen LogP contribution in [-0.2, 0) is 0 Å². The highest BCUT2D eigenvalue weighted by atomic mass is 35.5. The Balaban J connectivity index is 2.56. The zero-order chi connectivity index (χ0) is 9.52. The summed E-state index contributed by atoms with van der Waals surface area (Å²) in [5.74, 6) is 1.50. The van der Waals surface area contributed by atoms with E-state index in [2.05, 4.69) is 5.32 Å². The summed E-state index contributed by atoms with van der Waals surface area (Å²) in [7, 11) is 0. The molecule has 1 rings (SSSR count). The van der Waals surface area contributed by atoms with E-state index in [0.29, 0.717) is 12.5 Å². The van der Waals surface area contributed by atoms with Crippen LogP contribution in [0.4, 0.5) is 5.69 Å². The molecule has 0 atom stereocenters. The second-order valence-electron chi connectivity index (χ2n) is 2.58. The lowest BCUT2D eigenvalue weighted by Gasteiger charge is -2.07. The maximum absolute atomic E-state index is 5.56. The first-order valence-corrected chi connectivity index (χ1v) is 4.93. The molecule has 72 valence electrons. The van der Waals surface area contributed by atoms with Gasteiger partial charge in [-0.1, -0.05) is 6.07 Å². The molecule has 0 aromatic heterocycles. The number of hydrogen-bond donors (Lipinski definition) is 1. The zero-order valence-electron chi connectivity index (χ0n) is 7.72. The first-order valence-electron chi connectivity index (χ1n) is 4.39. The molecule has 0 saturated carbocycles. The molecule has 13 heavy (non-hydrogen) atoms. The average molecular weight is 200 g/mol. The molecule has 0 bridgehead atoms. The van der Waals surface area contributed by atoms with E-state index in [1.54, 1.807) is 0 Å². The van der Waals surface area contributed by atoms with E-state index < -0.39 is 0 Å². The highest BCUT2D eigenvalue weighted by Crippen LogP contribution is 2.16. The number of halogens is 1. The molecule has 3 heteroatoms. The molecule has 0 amide bonds. The second-order valence-corrected chi connectivity index (χ2v) is 2.95. The standard InChI is InChI=1S/C10H14ClNO/c1-2-13-10-5-3-4-9(8-10)12-7-6-11/h3-5,8,12H,2,6-7H2,1H3. The van der Waals surface area contributed by atoms with Crippen LogP contribution < -0.4 is 10.1 Å². The van der Waals surface area contributed by atoms with Crippen molar-refractivity contribution in [3.63, 3.8) is 0 Å². The number of ether oxygens (including phenoxy) is 1. The first kappa shape index (κ1) is 10.2. The number of alkyl halides is 1. The van der Waals surface area contributed by atoms with Crippen LogP contribution in [-0.4, -0.2) is 19.0 Å². The Morgan fingerprint density at radius 3 is 3.00 bits per heavy atom. The van der Waals surface area contributed by atoms with Crippen LogP contribution in [0.15, 0.2) is 24.3 Å². The summed E-state index contributed by atoms with van der Waals surface area (Å²) < 4.78 is 5.35. The molecular weight excluding hydrogens is 186 g/mol. The van der Waals surface area contributed by atoms with Gasteiger partial charge in [0.25, 0.3) is 0 Å². The van der Waals surface area contributed by atoms with Crippen molar-refractivity contribution in [2.45, 2.75) is 6.92 Å². The quantitative estimate of drug-likeness (QED) is 0.737. The number of benzene rings is 1. The minimum atomic E-state index is 0.610. The molecule has 1 aromatic carbocycles. The molecule has 0 aliphatic carbocycles. The second kappa shape index (κ2) is 5.70. The summed E-state index contributed by atoms with van der Waals surface area (Å²) >= 11 is 5.56. The van der Waals surface area contributed by atoms with E-state index in [1.165, 1.54) is 0 Å². The Morgan fingerprint density at radius 1 is 1.46 bits per heavy atom. The van der Waals surface area contributed by atoms with Crippen molar-refractivity contribution in [2.24, 2.45) is 0 Å². The van der Waals surface area contributed by atoms with Gasteiger partial charge in [0, 0.05) is 24.2 Å². The van der Waals surface area contributed by atoms with Crippen molar-refractivity contribution < 1.29 is 4.74 Å². The number of anilines is 1. The fraction of sp³-hybridized carbons (Fsp3) is 0.400. The van der Waals surface area contributed by atoms with E-state index in [-0.39, 0.29) is 0 Å². The third kappa shape index (κ3) is 3.55. The summed E-state index contributed by atoms with van der Waals surface area (Å²) in [6, 6.07) is 7.86. The first-order chi connectivity index (χ1) is 6.36. The van der Waals surface area contributed by atoms with Crippen LogP contribution in [0.25, 0.3) is 0 Å². The van der Waals surface area contributed by atoms with Gasteiger partial charge in [0.15, 0.2) is 0 Å². The predicted octanol–water partition coefficient (Wildman–Crippen LogP) is 2.74. The summed E-state index contributed by atoms with van der Waals surface area (Å²) in [4.78, 5) is 0. The van der Waals surface area contributed by atoms with Crippen LogP contribution in [0.5, 0.6) is 5.75 Å². The Morgan fingerprint density at radius 2 is 2.31 bits per heavy atom. The van der Waals surface area contributed by atoms with E-state index >= 15 is 0 Å². The fourth-order valence-corrected chi connectivity index (χ4v) is 1.15. The molecule has 1 aromatic rings. The van der Waals surface area contributed by atoms with Gasteiger partial charge in [0.05, 0.1) is 6.61 Å². The predicted molar refractivity (Wildman–Crippen MR) is 56.8 cm³/mol. The summed E-state index contributed by atoms with van der Waals surface area (Å²) in [6.45, 7) is 3.44. The average Bonchev–Trinajstić information content (AvgIpc) is 2.16. The topological polar surface area (TPSA) is 21.3 Å². The van der Waals surface area contributed by atoms with Gasteiger partial charge in [-0.2, -0.15) is 0 Å². The molecule has 0 aliphatic rings. The van der Waals surface area contributed by atoms with Crippen LogP contribution in [0.1, 0.15) is 6.92 Å². The number of rotatable bonds is 5. The number of hydrogen-bond acceptors (Lipinski definition) is 2. The monoisotopic (exact) mass is 199 g/mol. The Labute approximate surface area is 83.9 Å². The third-order valence-electron chi connectivity index (χ3n) is 1.57. The van der Waals surface area contributed by atoms with E-state index in [4.69, 9.17) is 16.3 Å². The molecule has 0 unspecified atom stereocenters. The molecule has 0 radical (unpaired) electrons. The molecule has 0 fully saturated rings. The molecular formula is C10H14ClNO. The van der Waals surface area contributed by atoms with Gasteiger partial charge in [0.2, 0.25) is 0 Å². The Kier molecular flexibility index (Phi) is 4.47. The van der Waals surface area contributed by atoms with Crippen molar-refractivity contribution in [1.29, 1.82) is 0 Å². The highest BCUT2D eigenvalue weighted by Gasteiger charge is 1.94. The summed E-state index contributed by atoms with van der Waals surface area (Å²) in [5.41, 5.74) is 1.05. The number of nitrogens with one attached hydrogen (secondary N) is 1. The van der Waals surface area contributed by atoms with Gasteiger partial charge >= 0.3 is 0 Å². The lowest BCUT2D eigenvalue weighted by atomic mass is 10.3. The van der Waals surface area contributed by atoms with E-state index in [9.17, 15) is 0 Å². The van der Waals surface area contributed by atoms with Crippen LogP contribution in [0, 0.1) is 0 Å². The highest BCUT2D eigenvalue weighted by molar-refractivity contribution is 6.18. The molecule has 0 heterocycles. The molecule has 0 spiro atoms. The van der Waals surface area contributed by atoms with Crippen molar-refractivity contribution in [2.75, 3.05) is 24.3 Å². The van der Waals surface area contributed by atoms with Gasteiger partial charge in [-0.05, 0) is 19.1 Å². The fourth-order valence-electron chi connectivity index (χ4n) is 1.05. The van der Waals surface area contributed by atoms with Crippen LogP contribution >= 0.6 is 11.6 Å². The summed E-state index contributed by atoms with van der Waals surface area (Å²) in [5, 5.41) is 3.18. The van der Waals surface area contributed by atoms with Gasteiger partial charge in [0.1, 0.15) is 5.75 Å². The summed E-state index contributed by atoms with van der Waals surface area (Å²) in [6.07, 6.45) is 0. The molecule has 1 N–H and O–H groups in total. The smallest absolute Gasteiger partial charge is 0.121 e. The Hall–Kier alpha value is -0.890. The third-order valence-corrected chi connectivity index (χ3v) is 1.76. The minimum absolute atomic E-state index is 0.610. The van der Waals surface area contributed by atoms with Crippen molar-refractivity contribution >= 4 is 17.3 Å². The SMILES string of the molecule is CCOc1cccc(NCCCl)c1. The van der Waals surface area contributed by atoms with E-state index in [1.807, 2.05) is 31.2 Å². The van der Waals surface area contributed by atoms with Crippen molar-refractivity contribution in [3.8, 4) is 5.75 Å². The van der Waals surface area contributed by atoms with Gasteiger partial charge in [-0.15, -0.1) is 11.6 Å². The minimum Gasteiger partial charge on any atom is -0.494 e. The van der Waals surface area contributed by atoms with E-state index in [0.717, 1.165) is 18.0 Å². The van der Waals surface area contributed by atoms with Crippen molar-refractivity contribution in [3.05, 3.63) is 24.3 Å². The molecule has 2 nitrogen and oxygen atoms in total. The molecule has 0 aliphatic heterocycles.